The van der Waals surface area contributed by atoms with Crippen molar-refractivity contribution in [1.82, 2.24) is 14.7 Å². The summed E-state index contributed by atoms with van der Waals surface area (Å²) in [7, 11) is 0. The maximum atomic E-state index is 13.1. The third-order valence-corrected chi connectivity index (χ3v) is 6.72. The number of piperazine rings is 1. The van der Waals surface area contributed by atoms with Gasteiger partial charge in [0.15, 0.2) is 0 Å². The molecule has 4 rings (SSSR count). The molecule has 7 heteroatoms. The van der Waals surface area contributed by atoms with E-state index in [0.29, 0.717) is 19.5 Å². The number of nitrogens with two attached hydrogens (primary N) is 1. The Morgan fingerprint density at radius 2 is 2.07 bits per heavy atom. The number of nitrogens with zero attached hydrogens (tertiary/aromatic N) is 4. The van der Waals surface area contributed by atoms with Crippen molar-refractivity contribution in [3.63, 3.8) is 0 Å². The Balaban J connectivity index is 1.39. The molecule has 0 radical (unpaired) electrons. The molecule has 1 aromatic carbocycles. The molecule has 3 heterocycles. The third kappa shape index (κ3) is 3.52. The van der Waals surface area contributed by atoms with E-state index < -0.39 is 6.04 Å². The first-order valence-electron chi connectivity index (χ1n) is 10.5. The molecule has 154 valence electrons. The van der Waals surface area contributed by atoms with Crippen LogP contribution in [0.2, 0.25) is 0 Å². The maximum absolute atomic E-state index is 13.1. The van der Waals surface area contributed by atoms with E-state index in [9.17, 15) is 14.9 Å². The van der Waals surface area contributed by atoms with Crippen LogP contribution in [0, 0.1) is 18.3 Å². The Bertz CT molecular complexity index is 833. The summed E-state index contributed by atoms with van der Waals surface area (Å²) >= 11 is 0. The summed E-state index contributed by atoms with van der Waals surface area (Å²) in [6.07, 6.45) is 2.35. The molecule has 2 amide bonds. The summed E-state index contributed by atoms with van der Waals surface area (Å²) in [6.45, 7) is 5.85. The van der Waals surface area contributed by atoms with Gasteiger partial charge in [-0.25, -0.2) is 0 Å². The van der Waals surface area contributed by atoms with Gasteiger partial charge in [0, 0.05) is 25.7 Å². The predicted molar refractivity (Wildman–Crippen MR) is 109 cm³/mol. The van der Waals surface area contributed by atoms with Crippen LogP contribution < -0.4 is 5.73 Å². The largest absolute Gasteiger partial charge is 0.330 e. The van der Waals surface area contributed by atoms with Gasteiger partial charge < -0.3 is 15.5 Å². The summed E-state index contributed by atoms with van der Waals surface area (Å²) in [4.78, 5) is 31.4. The second kappa shape index (κ2) is 7.77. The molecule has 1 aromatic rings. The van der Waals surface area contributed by atoms with Gasteiger partial charge in [0.25, 0.3) is 0 Å². The van der Waals surface area contributed by atoms with Crippen LogP contribution in [0.15, 0.2) is 24.3 Å². The summed E-state index contributed by atoms with van der Waals surface area (Å²) in [5, 5.41) is 9.22. The number of fused-ring (bicyclic) bond motifs is 2. The molecule has 7 nitrogen and oxygen atoms in total. The Labute approximate surface area is 172 Å². The lowest BCUT2D eigenvalue weighted by molar-refractivity contribution is -0.140. The van der Waals surface area contributed by atoms with Crippen LogP contribution in [-0.2, 0) is 9.59 Å². The molecule has 2 bridgehead atoms. The zero-order valence-corrected chi connectivity index (χ0v) is 17.1. The molecule has 3 fully saturated rings. The van der Waals surface area contributed by atoms with E-state index in [4.69, 9.17) is 5.73 Å². The molecule has 0 saturated carbocycles. The minimum Gasteiger partial charge on any atom is -0.330 e. The van der Waals surface area contributed by atoms with Crippen molar-refractivity contribution in [3.8, 4) is 6.07 Å². The molecule has 3 aliphatic rings. The first-order chi connectivity index (χ1) is 13.9. The molecular weight excluding hydrogens is 366 g/mol. The van der Waals surface area contributed by atoms with E-state index in [-0.39, 0.29) is 36.0 Å². The first kappa shape index (κ1) is 19.9. The van der Waals surface area contributed by atoms with Crippen LogP contribution >= 0.6 is 0 Å². The fourth-order valence-corrected chi connectivity index (χ4v) is 5.11. The summed E-state index contributed by atoms with van der Waals surface area (Å²) in [5.74, 6) is -0.0424. The number of hydrogen-bond acceptors (Lipinski definition) is 5. The summed E-state index contributed by atoms with van der Waals surface area (Å²) < 4.78 is 0. The molecule has 29 heavy (non-hydrogen) atoms. The van der Waals surface area contributed by atoms with Crippen molar-refractivity contribution in [3.05, 3.63) is 35.4 Å². The molecule has 0 spiro atoms. The molecule has 1 unspecified atom stereocenters. The fourth-order valence-electron chi connectivity index (χ4n) is 5.11. The number of hydrogen-bond donors (Lipinski definition) is 1. The van der Waals surface area contributed by atoms with Gasteiger partial charge >= 0.3 is 0 Å². The van der Waals surface area contributed by atoms with Crippen molar-refractivity contribution in [2.24, 2.45) is 5.73 Å². The Morgan fingerprint density at radius 3 is 2.72 bits per heavy atom. The average molecular weight is 396 g/mol. The maximum Gasteiger partial charge on any atom is 0.241 e. The van der Waals surface area contributed by atoms with Gasteiger partial charge in [0.05, 0.1) is 24.2 Å². The predicted octanol–water partition coefficient (Wildman–Crippen LogP) is 1.18. The van der Waals surface area contributed by atoms with Gasteiger partial charge in [0.1, 0.15) is 6.04 Å². The highest BCUT2D eigenvalue weighted by Gasteiger charge is 2.51. The van der Waals surface area contributed by atoms with Crippen molar-refractivity contribution in [2.45, 2.75) is 63.3 Å². The molecule has 0 aliphatic carbocycles. The zero-order chi connectivity index (χ0) is 20.7. The smallest absolute Gasteiger partial charge is 0.241 e. The lowest BCUT2D eigenvalue weighted by Gasteiger charge is -2.38. The second-order valence-electron chi connectivity index (χ2n) is 8.62. The summed E-state index contributed by atoms with van der Waals surface area (Å²) in [6, 6.07) is 9.47. The highest BCUT2D eigenvalue weighted by molar-refractivity contribution is 5.87. The van der Waals surface area contributed by atoms with Gasteiger partial charge in [-0.3, -0.25) is 14.5 Å². The average Bonchev–Trinajstić information content (AvgIpc) is 3.41. The second-order valence-corrected chi connectivity index (χ2v) is 8.62. The lowest BCUT2D eigenvalue weighted by atomic mass is 10.0. The molecule has 3 aliphatic heterocycles. The van der Waals surface area contributed by atoms with Crippen LogP contribution in [0.1, 0.15) is 43.4 Å². The Kier molecular flexibility index (Phi) is 5.32. The number of nitriles is 1. The highest BCUT2D eigenvalue weighted by atomic mass is 16.2. The van der Waals surface area contributed by atoms with Crippen LogP contribution in [0.25, 0.3) is 0 Å². The normalized spacial score (nSPS) is 28.6. The van der Waals surface area contributed by atoms with Crippen LogP contribution in [0.5, 0.6) is 0 Å². The van der Waals surface area contributed by atoms with Gasteiger partial charge in [0.2, 0.25) is 11.8 Å². The quantitative estimate of drug-likeness (QED) is 0.808. The standard InChI is InChI=1S/C22H29N5O2/c1-14-5-7-16(8-6-14)15(2)27-18-10-20(22(27)29)25(12-18)13-19(24)21(28)26-9-3-4-17(26)11-23/h5-8,15,17-20H,3-4,9-10,12-13,24H2,1-2H3/t15-,17+,18?,19+,20+/m1/s1. The van der Waals surface area contributed by atoms with Crippen molar-refractivity contribution in [1.29, 1.82) is 5.26 Å². The van der Waals surface area contributed by atoms with E-state index in [1.165, 1.54) is 5.56 Å². The molecule has 0 aromatic heterocycles. The molecule has 3 saturated heterocycles. The Morgan fingerprint density at radius 1 is 1.34 bits per heavy atom. The minimum atomic E-state index is -0.695. The van der Waals surface area contributed by atoms with E-state index in [0.717, 1.165) is 24.9 Å². The Hall–Kier alpha value is -2.43. The van der Waals surface area contributed by atoms with Gasteiger partial charge in [-0.2, -0.15) is 5.26 Å². The van der Waals surface area contributed by atoms with Crippen LogP contribution in [0.3, 0.4) is 0 Å². The van der Waals surface area contributed by atoms with Gasteiger partial charge in [-0.15, -0.1) is 0 Å². The summed E-state index contributed by atoms with van der Waals surface area (Å²) in [5.41, 5.74) is 8.55. The lowest BCUT2D eigenvalue weighted by Crippen LogP contribution is -2.56. The van der Waals surface area contributed by atoms with E-state index in [1.54, 1.807) is 4.90 Å². The van der Waals surface area contributed by atoms with Crippen molar-refractivity contribution < 1.29 is 9.59 Å². The van der Waals surface area contributed by atoms with Gasteiger partial charge in [-0.05, 0) is 38.7 Å². The topological polar surface area (TPSA) is 93.7 Å². The zero-order valence-electron chi connectivity index (χ0n) is 17.1. The van der Waals surface area contributed by atoms with Crippen LogP contribution in [0.4, 0.5) is 0 Å². The van der Waals surface area contributed by atoms with E-state index in [1.807, 2.05) is 4.90 Å². The monoisotopic (exact) mass is 395 g/mol. The van der Waals surface area contributed by atoms with Gasteiger partial charge in [-0.1, -0.05) is 29.8 Å². The van der Waals surface area contributed by atoms with Crippen molar-refractivity contribution >= 4 is 11.8 Å². The van der Waals surface area contributed by atoms with Crippen molar-refractivity contribution in [2.75, 3.05) is 19.6 Å². The number of carbonyl (C=O) groups excluding carboxylic acids is 2. The molecule has 5 atom stereocenters. The van der Waals surface area contributed by atoms with Crippen LogP contribution in [-0.4, -0.2) is 70.3 Å². The number of benzene rings is 1. The molecule has 2 N–H and O–H groups in total. The number of aryl methyl sites for hydroxylation is 1. The van der Waals surface area contributed by atoms with E-state index >= 15 is 0 Å². The number of rotatable bonds is 5. The third-order valence-electron chi connectivity index (χ3n) is 6.72. The van der Waals surface area contributed by atoms with E-state index in [2.05, 4.69) is 49.1 Å². The number of amides is 2. The number of likely N-dealkylation sites (tertiary alicyclic amines) is 3. The molecular formula is C22H29N5O2. The SMILES string of the molecule is Cc1ccc([C@@H](C)N2C(=O)[C@@H]3CC2CN3C[C@H](N)C(=O)N2CCC[C@H]2C#N)cc1. The number of carbonyl (C=O) groups is 2. The first-order valence-corrected chi connectivity index (χ1v) is 10.5. The minimum absolute atomic E-state index is 0.0385. The fraction of sp³-hybridized carbons (Fsp3) is 0.591. The highest BCUT2D eigenvalue weighted by Crippen LogP contribution is 2.38.